The van der Waals surface area contributed by atoms with E-state index in [2.05, 4.69) is 15.1 Å². The number of hydrogen-bond donors (Lipinski definition) is 2. The number of rotatable bonds is 6. The van der Waals surface area contributed by atoms with Crippen molar-refractivity contribution in [1.29, 1.82) is 0 Å². The molecule has 0 unspecified atom stereocenters. The molecule has 0 aliphatic rings. The molecular formula is C13H20N4O3S. The van der Waals surface area contributed by atoms with Crippen molar-refractivity contribution >= 4 is 15.8 Å². The lowest BCUT2D eigenvalue weighted by Crippen LogP contribution is -2.19. The van der Waals surface area contributed by atoms with Gasteiger partial charge in [-0.05, 0) is 20.4 Å². The Hall–Kier alpha value is -1.80. The van der Waals surface area contributed by atoms with Crippen LogP contribution in [0.5, 0.6) is 0 Å². The molecule has 0 aliphatic heterocycles. The Bertz CT molecular complexity index is 731. The lowest BCUT2D eigenvalue weighted by Gasteiger charge is -2.08. The van der Waals surface area contributed by atoms with Gasteiger partial charge in [0.2, 0.25) is 0 Å². The summed E-state index contributed by atoms with van der Waals surface area (Å²) < 4.78 is 34.7. The molecule has 2 heterocycles. The van der Waals surface area contributed by atoms with Crippen molar-refractivity contribution in [3.63, 3.8) is 0 Å². The van der Waals surface area contributed by atoms with E-state index in [0.29, 0.717) is 23.6 Å². The number of hydrogen-bond acceptors (Lipinski definition) is 5. The second kappa shape index (κ2) is 5.90. The first-order valence-corrected chi connectivity index (χ1v) is 8.15. The van der Waals surface area contributed by atoms with Gasteiger partial charge in [0.25, 0.3) is 10.0 Å². The van der Waals surface area contributed by atoms with Crippen molar-refractivity contribution in [3.05, 3.63) is 29.3 Å². The van der Waals surface area contributed by atoms with Crippen molar-refractivity contribution in [3.8, 4) is 0 Å². The quantitative estimate of drug-likeness (QED) is 0.844. The topological polar surface area (TPSA) is 89.2 Å². The average molecular weight is 312 g/mol. The van der Waals surface area contributed by atoms with Gasteiger partial charge in [0, 0.05) is 31.4 Å². The molecule has 0 radical (unpaired) electrons. The molecule has 7 nitrogen and oxygen atoms in total. The number of aryl methyl sites for hydroxylation is 3. The highest BCUT2D eigenvalue weighted by atomic mass is 32.2. The SMILES string of the molecule is CCNCc1c(C)oc(C)c1S(=O)(=O)Nc1ccn(C)n1. The first-order chi connectivity index (χ1) is 9.85. The number of anilines is 1. The van der Waals surface area contributed by atoms with Gasteiger partial charge in [-0.1, -0.05) is 6.92 Å². The zero-order valence-electron chi connectivity index (χ0n) is 12.6. The molecule has 0 fully saturated rings. The van der Waals surface area contributed by atoms with Gasteiger partial charge >= 0.3 is 0 Å². The van der Waals surface area contributed by atoms with E-state index >= 15 is 0 Å². The Morgan fingerprint density at radius 2 is 2.05 bits per heavy atom. The highest BCUT2D eigenvalue weighted by Gasteiger charge is 2.27. The average Bonchev–Trinajstić information content (AvgIpc) is 2.90. The highest BCUT2D eigenvalue weighted by molar-refractivity contribution is 7.92. The van der Waals surface area contributed by atoms with Gasteiger partial charge in [-0.25, -0.2) is 8.42 Å². The molecule has 2 rings (SSSR count). The van der Waals surface area contributed by atoms with E-state index < -0.39 is 10.0 Å². The molecule has 0 saturated heterocycles. The molecule has 0 aliphatic carbocycles. The van der Waals surface area contributed by atoms with Crippen molar-refractivity contribution in [1.82, 2.24) is 15.1 Å². The van der Waals surface area contributed by atoms with Crippen LogP contribution in [0.25, 0.3) is 0 Å². The summed E-state index contributed by atoms with van der Waals surface area (Å²) in [6.07, 6.45) is 1.67. The Morgan fingerprint density at radius 1 is 1.33 bits per heavy atom. The van der Waals surface area contributed by atoms with Gasteiger partial charge in [-0.2, -0.15) is 5.10 Å². The Balaban J connectivity index is 2.39. The molecule has 0 bridgehead atoms. The van der Waals surface area contributed by atoms with Gasteiger partial charge in [0.1, 0.15) is 16.4 Å². The fraction of sp³-hybridized carbons (Fsp3) is 0.462. The van der Waals surface area contributed by atoms with Crippen LogP contribution < -0.4 is 10.0 Å². The van der Waals surface area contributed by atoms with Crippen LogP contribution in [0, 0.1) is 13.8 Å². The summed E-state index contributed by atoms with van der Waals surface area (Å²) in [7, 11) is -2.01. The monoisotopic (exact) mass is 312 g/mol. The van der Waals surface area contributed by atoms with Crippen LogP contribution in [-0.4, -0.2) is 24.7 Å². The Labute approximate surface area is 124 Å². The lowest BCUT2D eigenvalue weighted by molar-refractivity contribution is 0.493. The molecule has 2 N–H and O–H groups in total. The van der Waals surface area contributed by atoms with Crippen molar-refractivity contribution in [2.75, 3.05) is 11.3 Å². The van der Waals surface area contributed by atoms with Gasteiger partial charge < -0.3 is 9.73 Å². The lowest BCUT2D eigenvalue weighted by atomic mass is 10.2. The second-order valence-corrected chi connectivity index (χ2v) is 6.40. The minimum absolute atomic E-state index is 0.187. The summed E-state index contributed by atoms with van der Waals surface area (Å²) in [5.41, 5.74) is 0.651. The van der Waals surface area contributed by atoms with E-state index in [-0.39, 0.29) is 10.7 Å². The second-order valence-electron chi connectivity index (χ2n) is 4.78. The van der Waals surface area contributed by atoms with Gasteiger partial charge in [-0.15, -0.1) is 0 Å². The molecule has 0 amide bonds. The molecule has 0 saturated carbocycles. The highest BCUT2D eigenvalue weighted by Crippen LogP contribution is 2.28. The smallest absolute Gasteiger partial charge is 0.266 e. The third-order valence-corrected chi connectivity index (χ3v) is 4.65. The molecule has 0 spiro atoms. The number of sulfonamides is 1. The standard InChI is InChI=1S/C13H20N4O3S/c1-5-14-8-11-9(2)20-10(3)13(11)21(18,19)16-12-6-7-17(4)15-12/h6-7,14H,5,8H2,1-4H3,(H,15,16). The summed E-state index contributed by atoms with van der Waals surface area (Å²) in [6, 6.07) is 1.60. The normalized spacial score (nSPS) is 11.8. The number of furan rings is 1. The summed E-state index contributed by atoms with van der Waals surface area (Å²) in [5, 5.41) is 7.16. The number of aromatic nitrogens is 2. The molecule has 116 valence electrons. The zero-order chi connectivity index (χ0) is 15.6. The van der Waals surface area contributed by atoms with Crippen molar-refractivity contribution in [2.45, 2.75) is 32.2 Å². The minimum Gasteiger partial charge on any atom is -0.465 e. The van der Waals surface area contributed by atoms with Gasteiger partial charge in [-0.3, -0.25) is 9.40 Å². The molecule has 0 atom stereocenters. The van der Waals surface area contributed by atoms with Crippen LogP contribution in [0.4, 0.5) is 5.82 Å². The Kier molecular flexibility index (Phi) is 4.38. The number of nitrogens with zero attached hydrogens (tertiary/aromatic N) is 2. The van der Waals surface area contributed by atoms with Crippen LogP contribution >= 0.6 is 0 Å². The predicted octanol–water partition coefficient (Wildman–Crippen LogP) is 1.54. The van der Waals surface area contributed by atoms with E-state index in [9.17, 15) is 8.42 Å². The molecule has 2 aromatic heterocycles. The summed E-state index contributed by atoms with van der Waals surface area (Å²) in [5.74, 6) is 1.27. The van der Waals surface area contributed by atoms with Gasteiger partial charge in [0.15, 0.2) is 5.82 Å². The maximum atomic E-state index is 12.6. The summed E-state index contributed by atoms with van der Waals surface area (Å²) in [4.78, 5) is 0.187. The number of nitrogens with one attached hydrogen (secondary N) is 2. The van der Waals surface area contributed by atoms with E-state index in [4.69, 9.17) is 4.42 Å². The summed E-state index contributed by atoms with van der Waals surface area (Å²) in [6.45, 7) is 6.56. The first kappa shape index (κ1) is 15.6. The van der Waals surface area contributed by atoms with Crippen LogP contribution in [0.3, 0.4) is 0 Å². The van der Waals surface area contributed by atoms with Crippen molar-refractivity contribution < 1.29 is 12.8 Å². The van der Waals surface area contributed by atoms with E-state index in [1.54, 1.807) is 33.2 Å². The van der Waals surface area contributed by atoms with Crippen LogP contribution in [0.2, 0.25) is 0 Å². The minimum atomic E-state index is -3.73. The van der Waals surface area contributed by atoms with E-state index in [1.807, 2.05) is 6.92 Å². The van der Waals surface area contributed by atoms with Gasteiger partial charge in [0.05, 0.1) is 0 Å². The van der Waals surface area contributed by atoms with Crippen molar-refractivity contribution in [2.24, 2.45) is 7.05 Å². The third kappa shape index (κ3) is 3.27. The first-order valence-electron chi connectivity index (χ1n) is 6.67. The molecule has 21 heavy (non-hydrogen) atoms. The maximum Gasteiger partial charge on any atom is 0.266 e. The maximum absolute atomic E-state index is 12.6. The molecule has 8 heteroatoms. The Morgan fingerprint density at radius 3 is 2.62 bits per heavy atom. The molecular weight excluding hydrogens is 292 g/mol. The molecule has 0 aromatic carbocycles. The predicted molar refractivity (Wildman–Crippen MR) is 79.6 cm³/mol. The largest absolute Gasteiger partial charge is 0.465 e. The third-order valence-electron chi connectivity index (χ3n) is 3.10. The fourth-order valence-electron chi connectivity index (χ4n) is 2.17. The van der Waals surface area contributed by atoms with E-state index in [1.165, 1.54) is 4.68 Å². The van der Waals surface area contributed by atoms with Crippen LogP contribution in [0.1, 0.15) is 24.0 Å². The zero-order valence-corrected chi connectivity index (χ0v) is 13.4. The summed E-state index contributed by atoms with van der Waals surface area (Å²) >= 11 is 0. The fourth-order valence-corrected chi connectivity index (χ4v) is 3.62. The van der Waals surface area contributed by atoms with Crippen LogP contribution in [0.15, 0.2) is 21.6 Å². The molecule has 2 aromatic rings. The van der Waals surface area contributed by atoms with E-state index in [0.717, 1.165) is 6.54 Å². The van der Waals surface area contributed by atoms with Crippen LogP contribution in [-0.2, 0) is 23.6 Å².